The van der Waals surface area contributed by atoms with Crippen LogP contribution in [0.5, 0.6) is 0 Å². The van der Waals surface area contributed by atoms with E-state index in [0.717, 1.165) is 36.1 Å². The second kappa shape index (κ2) is 13.6. The molecular formula is C26H31Cl3N2O2S. The third-order valence-corrected chi connectivity index (χ3v) is 8.08. The minimum absolute atomic E-state index is 0.0572. The van der Waals surface area contributed by atoms with Crippen molar-refractivity contribution in [2.45, 2.75) is 75.4 Å². The minimum Gasteiger partial charge on any atom is -0.352 e. The maximum atomic E-state index is 13.4. The average Bonchev–Trinajstić information content (AvgIpc) is 2.83. The summed E-state index contributed by atoms with van der Waals surface area (Å²) in [6.45, 7) is 2.25. The van der Waals surface area contributed by atoms with Gasteiger partial charge in [-0.1, -0.05) is 67.1 Å². The highest BCUT2D eigenvalue weighted by atomic mass is 35.5. The lowest BCUT2D eigenvalue weighted by Crippen LogP contribution is -2.51. The van der Waals surface area contributed by atoms with Gasteiger partial charge in [0.05, 0.1) is 10.0 Å². The summed E-state index contributed by atoms with van der Waals surface area (Å²) in [6.07, 6.45) is 6.35. The van der Waals surface area contributed by atoms with Crippen molar-refractivity contribution in [1.82, 2.24) is 10.2 Å². The Balaban J connectivity index is 1.71. The van der Waals surface area contributed by atoms with Gasteiger partial charge in [0.15, 0.2) is 0 Å². The molecule has 34 heavy (non-hydrogen) atoms. The van der Waals surface area contributed by atoms with Crippen molar-refractivity contribution in [1.29, 1.82) is 0 Å². The molecule has 0 aromatic heterocycles. The number of rotatable bonds is 10. The van der Waals surface area contributed by atoms with Gasteiger partial charge in [-0.15, -0.1) is 11.8 Å². The summed E-state index contributed by atoms with van der Waals surface area (Å²) in [5, 5.41) is 4.78. The lowest BCUT2D eigenvalue weighted by atomic mass is 9.95. The third kappa shape index (κ3) is 8.08. The molecule has 2 amide bonds. The number of carbonyl (C=O) groups excluding carboxylic acids is 2. The second-order valence-corrected chi connectivity index (χ2v) is 11.0. The third-order valence-electron chi connectivity index (χ3n) is 6.07. The molecule has 4 nitrogen and oxygen atoms in total. The number of hydrogen-bond acceptors (Lipinski definition) is 3. The summed E-state index contributed by atoms with van der Waals surface area (Å²) >= 11 is 19.9. The van der Waals surface area contributed by atoms with E-state index in [-0.39, 0.29) is 17.9 Å². The van der Waals surface area contributed by atoms with Crippen molar-refractivity contribution >= 4 is 58.4 Å². The second-order valence-electron chi connectivity index (χ2n) is 8.59. The van der Waals surface area contributed by atoms with Crippen LogP contribution in [0.25, 0.3) is 0 Å². The van der Waals surface area contributed by atoms with Gasteiger partial charge < -0.3 is 10.2 Å². The van der Waals surface area contributed by atoms with E-state index in [1.165, 1.54) is 6.42 Å². The van der Waals surface area contributed by atoms with Gasteiger partial charge in [-0.05, 0) is 61.2 Å². The van der Waals surface area contributed by atoms with Crippen LogP contribution in [0, 0.1) is 0 Å². The molecule has 0 spiro atoms. The van der Waals surface area contributed by atoms with Crippen LogP contribution in [0.4, 0.5) is 0 Å². The molecule has 2 aromatic carbocycles. The summed E-state index contributed by atoms with van der Waals surface area (Å²) < 4.78 is 0. The lowest BCUT2D eigenvalue weighted by Gasteiger charge is -2.33. The van der Waals surface area contributed by atoms with Gasteiger partial charge in [0.25, 0.3) is 0 Å². The molecule has 1 unspecified atom stereocenters. The molecule has 0 bridgehead atoms. The summed E-state index contributed by atoms with van der Waals surface area (Å²) in [5.74, 6) is 0.477. The standard InChI is InChI=1S/C26H31Cl3N2O2S/c1-2-24(26(33)30-20-6-4-3-5-7-20)31(17-18-8-13-22(28)23(29)16-18)25(32)14-15-34-21-11-9-19(27)10-12-21/h8-13,16,20,24H,2-7,14-15,17H2,1H3,(H,30,33). The van der Waals surface area contributed by atoms with E-state index in [0.29, 0.717) is 40.2 Å². The summed E-state index contributed by atoms with van der Waals surface area (Å²) in [4.78, 5) is 29.4. The zero-order valence-corrected chi connectivity index (χ0v) is 22.5. The van der Waals surface area contributed by atoms with Crippen LogP contribution in [-0.4, -0.2) is 34.6 Å². The van der Waals surface area contributed by atoms with Crippen molar-refractivity contribution in [3.63, 3.8) is 0 Å². The number of amides is 2. The Morgan fingerprint density at radius 2 is 1.74 bits per heavy atom. The van der Waals surface area contributed by atoms with Crippen molar-refractivity contribution in [3.05, 3.63) is 63.1 Å². The fraction of sp³-hybridized carbons (Fsp3) is 0.462. The van der Waals surface area contributed by atoms with Gasteiger partial charge in [-0.3, -0.25) is 9.59 Å². The number of halogens is 3. The van der Waals surface area contributed by atoms with Crippen molar-refractivity contribution in [2.75, 3.05) is 5.75 Å². The van der Waals surface area contributed by atoms with E-state index in [1.54, 1.807) is 28.8 Å². The topological polar surface area (TPSA) is 49.4 Å². The quantitative estimate of drug-likeness (QED) is 0.319. The Hall–Kier alpha value is -1.40. The molecule has 1 N–H and O–H groups in total. The van der Waals surface area contributed by atoms with E-state index in [4.69, 9.17) is 34.8 Å². The van der Waals surface area contributed by atoms with Gasteiger partial charge in [0.1, 0.15) is 6.04 Å². The Bertz CT molecular complexity index is 965. The largest absolute Gasteiger partial charge is 0.352 e. The number of nitrogens with one attached hydrogen (secondary N) is 1. The molecule has 1 aliphatic rings. The smallest absolute Gasteiger partial charge is 0.243 e. The van der Waals surface area contributed by atoms with Gasteiger partial charge >= 0.3 is 0 Å². The molecule has 184 valence electrons. The van der Waals surface area contributed by atoms with Crippen molar-refractivity contribution < 1.29 is 9.59 Å². The van der Waals surface area contributed by atoms with Crippen molar-refractivity contribution in [3.8, 4) is 0 Å². The van der Waals surface area contributed by atoms with Crippen LogP contribution < -0.4 is 5.32 Å². The van der Waals surface area contributed by atoms with E-state index in [2.05, 4.69) is 5.32 Å². The van der Waals surface area contributed by atoms with Gasteiger partial charge in [0, 0.05) is 34.7 Å². The van der Waals surface area contributed by atoms with Crippen LogP contribution >= 0.6 is 46.6 Å². The first-order valence-electron chi connectivity index (χ1n) is 11.8. The molecule has 1 saturated carbocycles. The van der Waals surface area contributed by atoms with Crippen molar-refractivity contribution in [2.24, 2.45) is 0 Å². The molecule has 0 heterocycles. The number of hydrogen-bond donors (Lipinski definition) is 1. The Morgan fingerprint density at radius 1 is 1.03 bits per heavy atom. The van der Waals surface area contributed by atoms with Gasteiger partial charge in [-0.25, -0.2) is 0 Å². The first-order chi connectivity index (χ1) is 16.4. The SMILES string of the molecule is CCC(C(=O)NC1CCCCC1)N(Cc1ccc(Cl)c(Cl)c1)C(=O)CCSc1ccc(Cl)cc1. The van der Waals surface area contributed by atoms with Gasteiger partial charge in [0.2, 0.25) is 11.8 Å². The summed E-state index contributed by atoms with van der Waals surface area (Å²) in [7, 11) is 0. The molecular weight excluding hydrogens is 511 g/mol. The fourth-order valence-electron chi connectivity index (χ4n) is 4.23. The summed E-state index contributed by atoms with van der Waals surface area (Å²) in [5.41, 5.74) is 0.844. The Labute approximate surface area is 221 Å². The van der Waals surface area contributed by atoms with Crippen LogP contribution in [0.3, 0.4) is 0 Å². The maximum Gasteiger partial charge on any atom is 0.243 e. The number of benzene rings is 2. The number of carbonyl (C=O) groups is 2. The van der Waals surface area contributed by atoms with Crippen LogP contribution in [0.2, 0.25) is 15.1 Å². The fourth-order valence-corrected chi connectivity index (χ4v) is 5.52. The molecule has 0 saturated heterocycles. The molecule has 0 radical (unpaired) electrons. The van der Waals surface area contributed by atoms with E-state index in [9.17, 15) is 9.59 Å². The van der Waals surface area contributed by atoms with E-state index >= 15 is 0 Å². The molecule has 8 heteroatoms. The Kier molecular flexibility index (Phi) is 10.9. The molecule has 3 rings (SSSR count). The predicted molar refractivity (Wildman–Crippen MR) is 143 cm³/mol. The zero-order valence-electron chi connectivity index (χ0n) is 19.4. The predicted octanol–water partition coefficient (Wildman–Crippen LogP) is 7.39. The normalized spacial score (nSPS) is 15.1. The van der Waals surface area contributed by atoms with Gasteiger partial charge in [-0.2, -0.15) is 0 Å². The van der Waals surface area contributed by atoms with E-state index < -0.39 is 6.04 Å². The molecule has 2 aromatic rings. The highest BCUT2D eigenvalue weighted by molar-refractivity contribution is 7.99. The van der Waals surface area contributed by atoms with Crippen LogP contribution in [0.15, 0.2) is 47.4 Å². The highest BCUT2D eigenvalue weighted by Gasteiger charge is 2.30. The van der Waals surface area contributed by atoms with E-state index in [1.807, 2.05) is 37.3 Å². The highest BCUT2D eigenvalue weighted by Crippen LogP contribution is 2.26. The number of nitrogens with zero attached hydrogens (tertiary/aromatic N) is 1. The lowest BCUT2D eigenvalue weighted by molar-refractivity contribution is -0.141. The average molecular weight is 542 g/mol. The molecule has 1 fully saturated rings. The minimum atomic E-state index is -0.538. The monoisotopic (exact) mass is 540 g/mol. The zero-order chi connectivity index (χ0) is 24.5. The first kappa shape index (κ1) is 27.2. The molecule has 1 atom stereocenters. The number of thioether (sulfide) groups is 1. The summed E-state index contributed by atoms with van der Waals surface area (Å²) in [6, 6.07) is 12.6. The van der Waals surface area contributed by atoms with Crippen LogP contribution in [0.1, 0.15) is 57.4 Å². The van der Waals surface area contributed by atoms with Crippen LogP contribution in [-0.2, 0) is 16.1 Å². The Morgan fingerprint density at radius 3 is 2.38 bits per heavy atom. The maximum absolute atomic E-state index is 13.4. The molecule has 1 aliphatic carbocycles. The molecule has 0 aliphatic heterocycles. The first-order valence-corrected chi connectivity index (χ1v) is 13.9.